The number of ether oxygens (including phenoxy) is 1. The second-order valence-electron chi connectivity index (χ2n) is 5.03. The second kappa shape index (κ2) is 4.63. The Hall–Kier alpha value is -1.75. The number of aryl methyl sites for hydroxylation is 2. The van der Waals surface area contributed by atoms with Crippen molar-refractivity contribution in [3.8, 4) is 5.75 Å². The van der Waals surface area contributed by atoms with Crippen LogP contribution in [0.5, 0.6) is 5.75 Å². The summed E-state index contributed by atoms with van der Waals surface area (Å²) >= 11 is 1.15. The van der Waals surface area contributed by atoms with Gasteiger partial charge < -0.3 is 4.74 Å². The van der Waals surface area contributed by atoms with Gasteiger partial charge in [0.15, 0.2) is 0 Å². The zero-order valence-corrected chi connectivity index (χ0v) is 12.6. The molecule has 0 fully saturated rings. The predicted molar refractivity (Wildman–Crippen MR) is 80.4 cm³/mol. The molecule has 0 aliphatic rings. The standard InChI is InChI=1S/C16H13F3OS/c1-8-4-6-10-11-7-5-9(2)13(20-3)15(11)21-14(10)12(8)16(17,18)19/h4-7H,1-3H3. The van der Waals surface area contributed by atoms with Gasteiger partial charge in [-0.05, 0) is 25.0 Å². The van der Waals surface area contributed by atoms with Gasteiger partial charge in [-0.2, -0.15) is 13.2 Å². The van der Waals surface area contributed by atoms with Crippen molar-refractivity contribution >= 4 is 31.5 Å². The average molecular weight is 310 g/mol. The van der Waals surface area contributed by atoms with E-state index in [-0.39, 0.29) is 10.3 Å². The van der Waals surface area contributed by atoms with Crippen LogP contribution in [0.2, 0.25) is 0 Å². The van der Waals surface area contributed by atoms with Gasteiger partial charge in [0, 0.05) is 15.5 Å². The first kappa shape index (κ1) is 14.2. The third-order valence-electron chi connectivity index (χ3n) is 3.66. The molecule has 0 saturated carbocycles. The molecule has 0 unspecified atom stereocenters. The minimum absolute atomic E-state index is 0.247. The summed E-state index contributed by atoms with van der Waals surface area (Å²) in [4.78, 5) is 0. The molecular weight excluding hydrogens is 297 g/mol. The van der Waals surface area contributed by atoms with E-state index in [1.807, 2.05) is 19.1 Å². The van der Waals surface area contributed by atoms with Gasteiger partial charge in [0.25, 0.3) is 0 Å². The Labute approximate surface area is 124 Å². The number of hydrogen-bond acceptors (Lipinski definition) is 2. The van der Waals surface area contributed by atoms with Crippen molar-refractivity contribution in [1.82, 2.24) is 0 Å². The highest BCUT2D eigenvalue weighted by Gasteiger charge is 2.35. The average Bonchev–Trinajstić information content (AvgIpc) is 2.74. The molecule has 0 amide bonds. The van der Waals surface area contributed by atoms with E-state index in [9.17, 15) is 13.2 Å². The number of halogens is 3. The Morgan fingerprint density at radius 2 is 1.48 bits per heavy atom. The first-order chi connectivity index (χ1) is 9.84. The number of rotatable bonds is 1. The minimum Gasteiger partial charge on any atom is -0.495 e. The fourth-order valence-corrected chi connectivity index (χ4v) is 4.18. The van der Waals surface area contributed by atoms with Crippen LogP contribution in [0, 0.1) is 13.8 Å². The van der Waals surface area contributed by atoms with Gasteiger partial charge >= 0.3 is 6.18 Å². The Morgan fingerprint density at radius 1 is 0.905 bits per heavy atom. The van der Waals surface area contributed by atoms with Gasteiger partial charge in [0.05, 0.1) is 17.4 Å². The smallest absolute Gasteiger partial charge is 0.418 e. The quantitative estimate of drug-likeness (QED) is 0.560. The maximum absolute atomic E-state index is 13.3. The van der Waals surface area contributed by atoms with Crippen LogP contribution >= 0.6 is 11.3 Å². The highest BCUT2D eigenvalue weighted by Crippen LogP contribution is 2.46. The zero-order chi connectivity index (χ0) is 15.4. The number of benzene rings is 2. The molecule has 1 aromatic heterocycles. The van der Waals surface area contributed by atoms with Crippen LogP contribution in [0.1, 0.15) is 16.7 Å². The van der Waals surface area contributed by atoms with Crippen molar-refractivity contribution in [2.45, 2.75) is 20.0 Å². The largest absolute Gasteiger partial charge is 0.495 e. The van der Waals surface area contributed by atoms with Gasteiger partial charge in [0.1, 0.15) is 5.75 Å². The van der Waals surface area contributed by atoms with E-state index in [1.54, 1.807) is 13.2 Å². The fraction of sp³-hybridized carbons (Fsp3) is 0.250. The fourth-order valence-electron chi connectivity index (χ4n) is 2.68. The molecule has 0 N–H and O–H groups in total. The lowest BCUT2D eigenvalue weighted by atomic mass is 10.0. The van der Waals surface area contributed by atoms with Gasteiger partial charge in [0.2, 0.25) is 0 Å². The third kappa shape index (κ3) is 2.07. The van der Waals surface area contributed by atoms with Gasteiger partial charge in [-0.1, -0.05) is 24.3 Å². The Balaban J connectivity index is 2.52. The van der Waals surface area contributed by atoms with Crippen LogP contribution in [-0.2, 0) is 6.18 Å². The Bertz CT molecular complexity index is 846. The van der Waals surface area contributed by atoms with Crippen LogP contribution in [0.25, 0.3) is 20.2 Å². The summed E-state index contributed by atoms with van der Waals surface area (Å²) in [5.74, 6) is 0.652. The van der Waals surface area contributed by atoms with E-state index in [2.05, 4.69) is 0 Å². The molecule has 3 aromatic rings. The van der Waals surface area contributed by atoms with Gasteiger partial charge in [-0.3, -0.25) is 0 Å². The van der Waals surface area contributed by atoms with Crippen molar-refractivity contribution in [2.75, 3.05) is 7.11 Å². The SMILES string of the molecule is COc1c(C)ccc2c1sc1c(C(F)(F)F)c(C)ccc12. The number of hydrogen-bond donors (Lipinski definition) is 0. The number of thiophene rings is 1. The van der Waals surface area contributed by atoms with Crippen LogP contribution in [0.15, 0.2) is 24.3 Å². The molecule has 0 aliphatic heterocycles. The van der Waals surface area contributed by atoms with Crippen molar-refractivity contribution in [2.24, 2.45) is 0 Å². The lowest BCUT2D eigenvalue weighted by Crippen LogP contribution is -2.07. The summed E-state index contributed by atoms with van der Waals surface area (Å²) in [5, 5.41) is 1.44. The molecule has 0 aliphatic carbocycles. The molecule has 1 nitrogen and oxygen atoms in total. The highest BCUT2D eigenvalue weighted by molar-refractivity contribution is 7.26. The maximum atomic E-state index is 13.3. The van der Waals surface area contributed by atoms with Crippen molar-refractivity contribution in [3.05, 3.63) is 41.0 Å². The number of fused-ring (bicyclic) bond motifs is 3. The molecule has 110 valence electrons. The van der Waals surface area contributed by atoms with Crippen molar-refractivity contribution < 1.29 is 17.9 Å². The van der Waals surface area contributed by atoms with E-state index < -0.39 is 11.7 Å². The summed E-state index contributed by atoms with van der Waals surface area (Å²) in [6, 6.07) is 7.03. The van der Waals surface area contributed by atoms with Crippen molar-refractivity contribution in [3.63, 3.8) is 0 Å². The van der Waals surface area contributed by atoms with Crippen LogP contribution in [0.3, 0.4) is 0 Å². The normalized spacial score (nSPS) is 12.3. The second-order valence-corrected chi connectivity index (χ2v) is 6.05. The first-order valence-electron chi connectivity index (χ1n) is 6.41. The summed E-state index contributed by atoms with van der Waals surface area (Å²) in [6.07, 6.45) is -4.35. The summed E-state index contributed by atoms with van der Waals surface area (Å²) in [5.41, 5.74) is 0.625. The minimum atomic E-state index is -4.35. The topological polar surface area (TPSA) is 9.23 Å². The molecule has 0 spiro atoms. The molecule has 2 aromatic carbocycles. The summed E-state index contributed by atoms with van der Waals surface area (Å²) < 4.78 is 46.5. The van der Waals surface area contributed by atoms with E-state index in [1.165, 1.54) is 13.0 Å². The monoisotopic (exact) mass is 310 g/mol. The van der Waals surface area contributed by atoms with E-state index in [0.717, 1.165) is 27.0 Å². The third-order valence-corrected chi connectivity index (χ3v) is 4.89. The first-order valence-corrected chi connectivity index (χ1v) is 7.23. The molecule has 1 heterocycles. The molecule has 0 radical (unpaired) electrons. The van der Waals surface area contributed by atoms with Gasteiger partial charge in [-0.25, -0.2) is 0 Å². The number of alkyl halides is 3. The predicted octanol–water partition coefficient (Wildman–Crippen LogP) is 5.70. The zero-order valence-electron chi connectivity index (χ0n) is 11.8. The van der Waals surface area contributed by atoms with Crippen molar-refractivity contribution in [1.29, 1.82) is 0 Å². The van der Waals surface area contributed by atoms with Gasteiger partial charge in [-0.15, -0.1) is 11.3 Å². The molecular formula is C16H13F3OS. The lowest BCUT2D eigenvalue weighted by molar-refractivity contribution is -0.136. The van der Waals surface area contributed by atoms with E-state index in [4.69, 9.17) is 4.74 Å². The van der Waals surface area contributed by atoms with E-state index in [0.29, 0.717) is 11.1 Å². The van der Waals surface area contributed by atoms with E-state index >= 15 is 0 Å². The Morgan fingerprint density at radius 3 is 2.05 bits per heavy atom. The summed E-state index contributed by atoms with van der Waals surface area (Å²) in [6.45, 7) is 3.38. The maximum Gasteiger partial charge on any atom is 0.418 e. The molecule has 5 heteroatoms. The van der Waals surface area contributed by atoms with Crippen LogP contribution < -0.4 is 4.74 Å². The Kier molecular flexibility index (Phi) is 3.13. The molecule has 0 atom stereocenters. The molecule has 3 rings (SSSR count). The summed E-state index contributed by atoms with van der Waals surface area (Å²) in [7, 11) is 1.54. The lowest BCUT2D eigenvalue weighted by Gasteiger charge is -2.10. The molecule has 0 bridgehead atoms. The van der Waals surface area contributed by atoms with Crippen LogP contribution in [0.4, 0.5) is 13.2 Å². The molecule has 0 saturated heterocycles. The van der Waals surface area contributed by atoms with Crippen LogP contribution in [-0.4, -0.2) is 7.11 Å². The number of methoxy groups -OCH3 is 1. The highest BCUT2D eigenvalue weighted by atomic mass is 32.1. The molecule has 21 heavy (non-hydrogen) atoms.